The predicted octanol–water partition coefficient (Wildman–Crippen LogP) is 4.12. The van der Waals surface area contributed by atoms with Gasteiger partial charge in [-0.1, -0.05) is 35.5 Å². The van der Waals surface area contributed by atoms with E-state index >= 15 is 0 Å². The lowest BCUT2D eigenvalue weighted by atomic mass is 10.0. The Morgan fingerprint density at radius 2 is 2.13 bits per heavy atom. The van der Waals surface area contributed by atoms with Crippen molar-refractivity contribution in [2.24, 2.45) is 0 Å². The van der Waals surface area contributed by atoms with Gasteiger partial charge in [0.25, 0.3) is 0 Å². The number of aromatic nitrogens is 5. The molecule has 1 aliphatic carbocycles. The molecule has 0 radical (unpaired) electrons. The first-order valence-corrected chi connectivity index (χ1v) is 8.96. The van der Waals surface area contributed by atoms with Gasteiger partial charge < -0.3 is 0 Å². The molecule has 2 heterocycles. The Bertz CT molecular complexity index is 888. The smallest absolute Gasteiger partial charge is 0.209 e. The summed E-state index contributed by atoms with van der Waals surface area (Å²) < 4.78 is 1.92. The van der Waals surface area contributed by atoms with Crippen LogP contribution in [0.25, 0.3) is 10.9 Å². The van der Waals surface area contributed by atoms with Gasteiger partial charge >= 0.3 is 0 Å². The third-order valence-electron chi connectivity index (χ3n) is 4.25. The van der Waals surface area contributed by atoms with Crippen LogP contribution in [0.3, 0.4) is 0 Å². The van der Waals surface area contributed by atoms with Crippen molar-refractivity contribution in [2.75, 3.05) is 0 Å². The summed E-state index contributed by atoms with van der Waals surface area (Å²) in [6.07, 6.45) is 2.32. The van der Waals surface area contributed by atoms with Crippen LogP contribution in [-0.4, -0.2) is 25.2 Å². The Morgan fingerprint density at radius 1 is 1.30 bits per heavy atom. The number of pyridine rings is 1. The van der Waals surface area contributed by atoms with Gasteiger partial charge in [0.15, 0.2) is 0 Å². The normalized spacial score (nSPS) is 14.6. The van der Waals surface area contributed by atoms with Crippen molar-refractivity contribution in [3.8, 4) is 0 Å². The zero-order valence-electron chi connectivity index (χ0n) is 13.0. The fourth-order valence-electron chi connectivity index (χ4n) is 2.58. The molecule has 1 saturated carbocycles. The summed E-state index contributed by atoms with van der Waals surface area (Å²) in [6, 6.07) is 6.82. The second-order valence-corrected chi connectivity index (χ2v) is 7.24. The van der Waals surface area contributed by atoms with E-state index in [9.17, 15) is 0 Å². The Labute approximate surface area is 143 Å². The largest absolute Gasteiger partial charge is 0.235 e. The molecule has 3 aromatic rings. The lowest BCUT2D eigenvalue weighted by molar-refractivity contribution is 0.565. The van der Waals surface area contributed by atoms with E-state index in [2.05, 4.69) is 52.6 Å². The molecule has 0 saturated heterocycles. The minimum atomic E-state index is 0.475. The van der Waals surface area contributed by atoms with E-state index in [1.165, 1.54) is 11.1 Å². The highest BCUT2D eigenvalue weighted by Crippen LogP contribution is 2.37. The van der Waals surface area contributed by atoms with Crippen LogP contribution in [0.15, 0.2) is 23.4 Å². The van der Waals surface area contributed by atoms with Crippen LogP contribution in [-0.2, 0) is 5.75 Å². The molecule has 23 heavy (non-hydrogen) atoms. The minimum absolute atomic E-state index is 0.475. The molecule has 0 N–H and O–H groups in total. The number of hydrogen-bond donors (Lipinski definition) is 0. The van der Waals surface area contributed by atoms with Gasteiger partial charge in [-0.05, 0) is 54.3 Å². The maximum Gasteiger partial charge on any atom is 0.209 e. The Morgan fingerprint density at radius 3 is 2.91 bits per heavy atom. The molecule has 4 rings (SSSR count). The molecule has 1 fully saturated rings. The quantitative estimate of drug-likeness (QED) is 0.526. The number of aryl methyl sites for hydroxylation is 2. The average Bonchev–Trinajstić information content (AvgIpc) is 3.28. The molecule has 0 spiro atoms. The Hall–Kier alpha value is -1.66. The van der Waals surface area contributed by atoms with Crippen molar-refractivity contribution in [1.82, 2.24) is 25.2 Å². The van der Waals surface area contributed by atoms with Crippen LogP contribution < -0.4 is 0 Å². The molecule has 5 nitrogen and oxygen atoms in total. The van der Waals surface area contributed by atoms with Crippen LogP contribution in [0.4, 0.5) is 0 Å². The van der Waals surface area contributed by atoms with E-state index in [1.54, 1.807) is 11.8 Å². The fraction of sp³-hybridized carbons (Fsp3) is 0.375. The van der Waals surface area contributed by atoms with E-state index in [-0.39, 0.29) is 0 Å². The van der Waals surface area contributed by atoms with Gasteiger partial charge in [0.1, 0.15) is 5.15 Å². The Kier molecular flexibility index (Phi) is 3.73. The van der Waals surface area contributed by atoms with E-state index in [1.807, 2.05) is 4.68 Å². The first-order valence-electron chi connectivity index (χ1n) is 7.59. The molecule has 0 bridgehead atoms. The maximum atomic E-state index is 6.40. The first-order chi connectivity index (χ1) is 11.1. The lowest BCUT2D eigenvalue weighted by Crippen LogP contribution is -1.99. The van der Waals surface area contributed by atoms with Gasteiger partial charge in [-0.25, -0.2) is 9.67 Å². The third-order valence-corrected chi connectivity index (χ3v) is 5.56. The van der Waals surface area contributed by atoms with Crippen LogP contribution >= 0.6 is 23.4 Å². The lowest BCUT2D eigenvalue weighted by Gasteiger charge is -2.09. The summed E-state index contributed by atoms with van der Waals surface area (Å²) in [7, 11) is 0. The summed E-state index contributed by atoms with van der Waals surface area (Å²) in [5.74, 6) is 0.710. The van der Waals surface area contributed by atoms with Crippen LogP contribution in [0.2, 0.25) is 5.15 Å². The van der Waals surface area contributed by atoms with Crippen LogP contribution in [0.5, 0.6) is 0 Å². The summed E-state index contributed by atoms with van der Waals surface area (Å²) in [4.78, 5) is 4.60. The Balaban J connectivity index is 1.62. The molecule has 7 heteroatoms. The standard InChI is InChI=1S/C16H16ClN5S/c1-9-3-4-11-7-12(15(17)18-14(11)10(9)2)8-23-16-19-20-21-22(16)13-5-6-13/h3-4,7,13H,5-6,8H2,1-2H3. The second kappa shape index (κ2) is 5.76. The van der Waals surface area contributed by atoms with E-state index in [4.69, 9.17) is 11.6 Å². The average molecular weight is 346 g/mol. The number of rotatable bonds is 4. The molecular formula is C16H16ClN5S. The van der Waals surface area contributed by atoms with Crippen molar-refractivity contribution in [2.45, 2.75) is 43.6 Å². The van der Waals surface area contributed by atoms with E-state index in [0.717, 1.165) is 34.5 Å². The van der Waals surface area contributed by atoms with Crippen molar-refractivity contribution in [1.29, 1.82) is 0 Å². The number of nitrogens with zero attached hydrogens (tertiary/aromatic N) is 5. The van der Waals surface area contributed by atoms with Gasteiger partial charge in [-0.3, -0.25) is 0 Å². The third kappa shape index (κ3) is 2.81. The zero-order chi connectivity index (χ0) is 16.0. The zero-order valence-corrected chi connectivity index (χ0v) is 14.5. The fourth-order valence-corrected chi connectivity index (χ4v) is 3.78. The van der Waals surface area contributed by atoms with Gasteiger partial charge in [0, 0.05) is 16.7 Å². The number of halogens is 1. The number of thioether (sulfide) groups is 1. The monoisotopic (exact) mass is 345 g/mol. The molecule has 118 valence electrons. The number of benzene rings is 1. The highest BCUT2D eigenvalue weighted by atomic mass is 35.5. The molecule has 0 atom stereocenters. The second-order valence-electron chi connectivity index (χ2n) is 5.94. The summed E-state index contributed by atoms with van der Waals surface area (Å²) in [5.41, 5.74) is 4.40. The topological polar surface area (TPSA) is 56.5 Å². The maximum absolute atomic E-state index is 6.40. The predicted molar refractivity (Wildman–Crippen MR) is 91.9 cm³/mol. The summed E-state index contributed by atoms with van der Waals surface area (Å²) >= 11 is 8.01. The first kappa shape index (κ1) is 14.9. The molecular weight excluding hydrogens is 330 g/mol. The van der Waals surface area contributed by atoms with Crippen molar-refractivity contribution >= 4 is 34.3 Å². The van der Waals surface area contributed by atoms with Gasteiger partial charge in [-0.2, -0.15) is 0 Å². The van der Waals surface area contributed by atoms with E-state index < -0.39 is 0 Å². The highest BCUT2D eigenvalue weighted by Gasteiger charge is 2.27. The molecule has 1 aromatic carbocycles. The van der Waals surface area contributed by atoms with Crippen molar-refractivity contribution in [3.05, 3.63) is 40.0 Å². The molecule has 1 aliphatic rings. The number of fused-ring (bicyclic) bond motifs is 1. The molecule has 2 aromatic heterocycles. The molecule has 0 amide bonds. The SMILES string of the molecule is Cc1ccc2cc(CSc3nnnn3C3CC3)c(Cl)nc2c1C. The van der Waals surface area contributed by atoms with Crippen LogP contribution in [0.1, 0.15) is 35.6 Å². The number of tetrazole rings is 1. The molecule has 0 unspecified atom stereocenters. The van der Waals surface area contributed by atoms with Crippen LogP contribution in [0, 0.1) is 13.8 Å². The van der Waals surface area contributed by atoms with Gasteiger partial charge in [0.05, 0.1) is 11.6 Å². The van der Waals surface area contributed by atoms with E-state index in [0.29, 0.717) is 16.9 Å². The van der Waals surface area contributed by atoms with Crippen molar-refractivity contribution in [3.63, 3.8) is 0 Å². The minimum Gasteiger partial charge on any atom is -0.235 e. The van der Waals surface area contributed by atoms with Gasteiger partial charge in [-0.15, -0.1) is 5.10 Å². The van der Waals surface area contributed by atoms with Crippen molar-refractivity contribution < 1.29 is 0 Å². The number of hydrogen-bond acceptors (Lipinski definition) is 5. The highest BCUT2D eigenvalue weighted by molar-refractivity contribution is 7.98. The molecule has 0 aliphatic heterocycles. The van der Waals surface area contributed by atoms with Gasteiger partial charge in [0.2, 0.25) is 5.16 Å². The summed E-state index contributed by atoms with van der Waals surface area (Å²) in [5, 5.41) is 14.5. The summed E-state index contributed by atoms with van der Waals surface area (Å²) in [6.45, 7) is 4.17.